The predicted molar refractivity (Wildman–Crippen MR) is 93.3 cm³/mol. The van der Waals surface area contributed by atoms with Crippen LogP contribution in [0.1, 0.15) is 70.0 Å². The summed E-state index contributed by atoms with van der Waals surface area (Å²) in [4.78, 5) is 24.8. The molecule has 1 unspecified atom stereocenters. The van der Waals surface area contributed by atoms with Crippen LogP contribution in [0.15, 0.2) is 17.5 Å². The Bertz CT molecular complexity index is 472. The number of nitrogens with one attached hydrogen (secondary N) is 1. The maximum absolute atomic E-state index is 12.2. The summed E-state index contributed by atoms with van der Waals surface area (Å²) in [6.45, 7) is 10.8. The second-order valence-corrected chi connectivity index (χ2v) is 8.31. The Morgan fingerprint density at radius 3 is 2.36 bits per heavy atom. The Morgan fingerprint density at radius 2 is 1.86 bits per heavy atom. The van der Waals surface area contributed by atoms with Crippen molar-refractivity contribution in [1.29, 1.82) is 0 Å². The minimum atomic E-state index is -0.0198. The number of Topliss-reactive ketones (excluding diaryl/α,β-unsaturated/α-hetero) is 1. The molecule has 0 aromatic carbocycles. The maximum Gasteiger partial charge on any atom is 0.220 e. The van der Waals surface area contributed by atoms with E-state index in [0.29, 0.717) is 5.92 Å². The zero-order valence-electron chi connectivity index (χ0n) is 14.4. The number of amides is 1. The summed E-state index contributed by atoms with van der Waals surface area (Å²) in [5, 5.41) is 5.01. The number of hydrogen-bond acceptors (Lipinski definition) is 3. The van der Waals surface area contributed by atoms with Gasteiger partial charge in [-0.25, -0.2) is 0 Å². The third-order valence-electron chi connectivity index (χ3n) is 3.79. The van der Waals surface area contributed by atoms with Crippen LogP contribution in [0.4, 0.5) is 0 Å². The van der Waals surface area contributed by atoms with Gasteiger partial charge in [-0.1, -0.05) is 40.7 Å². The molecule has 0 radical (unpaired) electrons. The van der Waals surface area contributed by atoms with Crippen molar-refractivity contribution >= 4 is 23.0 Å². The van der Waals surface area contributed by atoms with Crippen LogP contribution in [0.3, 0.4) is 0 Å². The Kier molecular flexibility index (Phi) is 7.27. The van der Waals surface area contributed by atoms with Crippen LogP contribution in [0.25, 0.3) is 0 Å². The first-order valence-corrected chi connectivity index (χ1v) is 8.94. The van der Waals surface area contributed by atoms with E-state index in [1.165, 1.54) is 11.3 Å². The topological polar surface area (TPSA) is 46.2 Å². The van der Waals surface area contributed by atoms with Crippen LogP contribution in [-0.2, 0) is 4.79 Å². The molecule has 22 heavy (non-hydrogen) atoms. The third kappa shape index (κ3) is 6.73. The van der Waals surface area contributed by atoms with Crippen molar-refractivity contribution in [1.82, 2.24) is 5.32 Å². The van der Waals surface area contributed by atoms with E-state index in [9.17, 15) is 9.59 Å². The van der Waals surface area contributed by atoms with Gasteiger partial charge in [0.25, 0.3) is 0 Å². The highest BCUT2D eigenvalue weighted by molar-refractivity contribution is 7.12. The van der Waals surface area contributed by atoms with Crippen molar-refractivity contribution in [2.75, 3.05) is 0 Å². The van der Waals surface area contributed by atoms with Crippen molar-refractivity contribution in [3.05, 3.63) is 22.4 Å². The van der Waals surface area contributed by atoms with E-state index in [4.69, 9.17) is 0 Å². The van der Waals surface area contributed by atoms with Gasteiger partial charge in [-0.15, -0.1) is 11.3 Å². The van der Waals surface area contributed by atoms with E-state index >= 15 is 0 Å². The molecule has 1 aromatic rings. The van der Waals surface area contributed by atoms with Gasteiger partial charge in [0.15, 0.2) is 5.78 Å². The SMILES string of the molecule is CC(C)CCC(NC(=O)CCC(=O)c1cccs1)C(C)(C)C. The number of carbonyl (C=O) groups excluding carboxylic acids is 2. The van der Waals surface area contributed by atoms with Gasteiger partial charge < -0.3 is 5.32 Å². The molecule has 1 amide bonds. The first-order chi connectivity index (χ1) is 10.2. The highest BCUT2D eigenvalue weighted by atomic mass is 32.1. The lowest BCUT2D eigenvalue weighted by Gasteiger charge is -2.32. The summed E-state index contributed by atoms with van der Waals surface area (Å²) in [6, 6.07) is 3.82. The molecular formula is C18H29NO2S. The van der Waals surface area contributed by atoms with E-state index in [1.54, 1.807) is 0 Å². The Labute approximate surface area is 138 Å². The summed E-state index contributed by atoms with van der Waals surface area (Å²) >= 11 is 1.43. The molecule has 0 spiro atoms. The minimum Gasteiger partial charge on any atom is -0.353 e. The van der Waals surface area contributed by atoms with Crippen molar-refractivity contribution in [3.63, 3.8) is 0 Å². The maximum atomic E-state index is 12.2. The van der Waals surface area contributed by atoms with Crippen LogP contribution in [0.2, 0.25) is 0 Å². The van der Waals surface area contributed by atoms with Gasteiger partial charge in [-0.3, -0.25) is 9.59 Å². The van der Waals surface area contributed by atoms with Crippen LogP contribution >= 0.6 is 11.3 Å². The van der Waals surface area contributed by atoms with Crippen molar-refractivity contribution in [3.8, 4) is 0 Å². The molecule has 0 saturated carbocycles. The molecule has 1 heterocycles. The summed E-state index contributed by atoms with van der Waals surface area (Å²) in [6.07, 6.45) is 2.63. The summed E-state index contributed by atoms with van der Waals surface area (Å²) in [5.41, 5.74) is 0.0301. The quantitative estimate of drug-likeness (QED) is 0.706. The fourth-order valence-corrected chi connectivity index (χ4v) is 2.97. The smallest absolute Gasteiger partial charge is 0.220 e. The molecule has 3 nitrogen and oxygen atoms in total. The zero-order valence-corrected chi connectivity index (χ0v) is 15.3. The van der Waals surface area contributed by atoms with Gasteiger partial charge in [0.05, 0.1) is 4.88 Å². The van der Waals surface area contributed by atoms with Gasteiger partial charge in [0.2, 0.25) is 5.91 Å². The van der Waals surface area contributed by atoms with Crippen LogP contribution < -0.4 is 5.32 Å². The number of hydrogen-bond donors (Lipinski definition) is 1. The molecule has 1 N–H and O–H groups in total. The lowest BCUT2D eigenvalue weighted by molar-refractivity contribution is -0.122. The number of rotatable bonds is 8. The summed E-state index contributed by atoms with van der Waals surface area (Å²) in [7, 11) is 0. The average molecular weight is 324 g/mol. The molecule has 1 atom stereocenters. The lowest BCUT2D eigenvalue weighted by atomic mass is 9.82. The predicted octanol–water partition coefficient (Wildman–Crippen LogP) is 4.68. The largest absolute Gasteiger partial charge is 0.353 e. The van der Waals surface area contributed by atoms with Crippen molar-refractivity contribution < 1.29 is 9.59 Å². The fourth-order valence-electron chi connectivity index (χ4n) is 2.28. The Balaban J connectivity index is 2.47. The van der Waals surface area contributed by atoms with Gasteiger partial charge >= 0.3 is 0 Å². The molecule has 4 heteroatoms. The normalized spacial score (nSPS) is 13.2. The zero-order chi connectivity index (χ0) is 16.8. The van der Waals surface area contributed by atoms with Gasteiger partial charge in [0, 0.05) is 18.9 Å². The van der Waals surface area contributed by atoms with Crippen LogP contribution in [0.5, 0.6) is 0 Å². The molecule has 0 aliphatic carbocycles. The van der Waals surface area contributed by atoms with Crippen LogP contribution in [-0.4, -0.2) is 17.7 Å². The number of ketones is 1. The van der Waals surface area contributed by atoms with E-state index < -0.39 is 0 Å². The van der Waals surface area contributed by atoms with Crippen LogP contribution in [0, 0.1) is 11.3 Å². The van der Waals surface area contributed by atoms with Gasteiger partial charge in [-0.05, 0) is 35.6 Å². The lowest BCUT2D eigenvalue weighted by Crippen LogP contribution is -2.43. The highest BCUT2D eigenvalue weighted by Gasteiger charge is 2.26. The molecule has 1 rings (SSSR count). The second-order valence-electron chi connectivity index (χ2n) is 7.36. The number of carbonyl (C=O) groups is 2. The first kappa shape index (κ1) is 18.9. The van der Waals surface area contributed by atoms with E-state index in [0.717, 1.165) is 17.7 Å². The molecule has 0 bridgehead atoms. The first-order valence-electron chi connectivity index (χ1n) is 8.06. The molecule has 0 fully saturated rings. The van der Waals surface area contributed by atoms with E-state index in [-0.39, 0.29) is 36.0 Å². The molecule has 124 valence electrons. The van der Waals surface area contributed by atoms with Gasteiger partial charge in [0.1, 0.15) is 0 Å². The van der Waals surface area contributed by atoms with E-state index in [2.05, 4.69) is 39.9 Å². The Hall–Kier alpha value is -1.16. The molecule has 1 aromatic heterocycles. The number of thiophene rings is 1. The Morgan fingerprint density at radius 1 is 1.18 bits per heavy atom. The van der Waals surface area contributed by atoms with Crippen molar-refractivity contribution in [2.24, 2.45) is 11.3 Å². The minimum absolute atomic E-state index is 0.0198. The fraction of sp³-hybridized carbons (Fsp3) is 0.667. The molecule has 0 saturated heterocycles. The van der Waals surface area contributed by atoms with Gasteiger partial charge in [-0.2, -0.15) is 0 Å². The molecule has 0 aliphatic heterocycles. The highest BCUT2D eigenvalue weighted by Crippen LogP contribution is 2.24. The van der Waals surface area contributed by atoms with E-state index in [1.807, 2.05) is 17.5 Å². The standard InChI is InChI=1S/C18H29NO2S/c1-13(2)8-10-16(18(3,4)5)19-17(21)11-9-14(20)15-7-6-12-22-15/h6-7,12-13,16H,8-11H2,1-5H3,(H,19,21). The summed E-state index contributed by atoms with van der Waals surface area (Å²) in [5.74, 6) is 0.662. The summed E-state index contributed by atoms with van der Waals surface area (Å²) < 4.78 is 0. The monoisotopic (exact) mass is 323 g/mol. The average Bonchev–Trinajstić information content (AvgIpc) is 2.93. The molecular weight excluding hydrogens is 294 g/mol. The molecule has 0 aliphatic rings. The van der Waals surface area contributed by atoms with Crippen molar-refractivity contribution in [2.45, 2.75) is 66.3 Å². The second kappa shape index (κ2) is 8.47. The third-order valence-corrected chi connectivity index (χ3v) is 4.70.